The van der Waals surface area contributed by atoms with E-state index < -0.39 is 24.6 Å². The summed E-state index contributed by atoms with van der Waals surface area (Å²) in [5.74, 6) is 0. The molecule has 1 heteroatoms. The molecule has 11 heavy (non-hydrogen) atoms. The van der Waals surface area contributed by atoms with Gasteiger partial charge >= 0.3 is 84.8 Å². The Balaban J connectivity index is 3.44. The van der Waals surface area contributed by atoms with E-state index in [0.29, 0.717) is 10.8 Å². The fourth-order valence-corrected chi connectivity index (χ4v) is 10.1. The summed E-state index contributed by atoms with van der Waals surface area (Å²) in [6, 6.07) is 0. The Labute approximate surface area is 84.6 Å². The molecule has 0 amide bonds. The van der Waals surface area contributed by atoms with Crippen LogP contribution in [0.3, 0.4) is 0 Å². The minimum absolute atomic E-state index is 0.496. The van der Waals surface area contributed by atoms with Crippen molar-refractivity contribution in [3.63, 3.8) is 0 Å². The van der Waals surface area contributed by atoms with E-state index in [1.165, 1.54) is 0 Å². The van der Waals surface area contributed by atoms with Gasteiger partial charge < -0.3 is 0 Å². The molecule has 0 saturated heterocycles. The Morgan fingerprint density at radius 3 is 1.18 bits per heavy atom. The van der Waals surface area contributed by atoms with E-state index in [-0.39, 0.29) is 0 Å². The van der Waals surface area contributed by atoms with Crippen LogP contribution in [0.4, 0.5) is 0 Å². The SMILES string of the molecule is CC(C)(C)[CH2][Hg][CH2]C(C)(C)C. The zero-order valence-electron chi connectivity index (χ0n) is 9.12. The number of hydrogen-bond acceptors (Lipinski definition) is 0. The fourth-order valence-electron chi connectivity index (χ4n) is 1.15. The van der Waals surface area contributed by atoms with Gasteiger partial charge in [-0.25, -0.2) is 0 Å². The molecule has 0 bridgehead atoms. The third-order valence-electron chi connectivity index (χ3n) is 1.85. The predicted molar refractivity (Wildman–Crippen MR) is 48.5 cm³/mol. The third-order valence-corrected chi connectivity index (χ3v) is 16.3. The van der Waals surface area contributed by atoms with Gasteiger partial charge in [0.15, 0.2) is 0 Å². The molecule has 0 radical (unpaired) electrons. The molecule has 0 spiro atoms. The molecule has 0 heterocycles. The first-order chi connectivity index (χ1) is 4.71. The van der Waals surface area contributed by atoms with Gasteiger partial charge in [-0.15, -0.1) is 0 Å². The molecular formula is C10H22Hg. The first-order valence-electron chi connectivity index (χ1n) is 4.71. The van der Waals surface area contributed by atoms with Gasteiger partial charge in [0.2, 0.25) is 0 Å². The van der Waals surface area contributed by atoms with Gasteiger partial charge in [0, 0.05) is 0 Å². The van der Waals surface area contributed by atoms with Crippen LogP contribution in [0.25, 0.3) is 0 Å². The Kier molecular flexibility index (Phi) is 4.61. The topological polar surface area (TPSA) is 0 Å². The second-order valence-corrected chi connectivity index (χ2v) is 12.6. The molecule has 0 aromatic rings. The van der Waals surface area contributed by atoms with Gasteiger partial charge in [-0.2, -0.15) is 0 Å². The fraction of sp³-hybridized carbons (Fsp3) is 1.00. The van der Waals surface area contributed by atoms with Gasteiger partial charge in [0.05, 0.1) is 0 Å². The average Bonchev–Trinajstić information content (AvgIpc) is 1.55. The molecule has 0 aliphatic heterocycles. The Morgan fingerprint density at radius 1 is 0.727 bits per heavy atom. The van der Waals surface area contributed by atoms with Gasteiger partial charge in [-0.1, -0.05) is 0 Å². The van der Waals surface area contributed by atoms with Crippen molar-refractivity contribution >= 4 is 0 Å². The van der Waals surface area contributed by atoms with E-state index in [9.17, 15) is 0 Å². The summed E-state index contributed by atoms with van der Waals surface area (Å²) >= 11 is -0.496. The van der Waals surface area contributed by atoms with E-state index >= 15 is 0 Å². The molecule has 0 nitrogen and oxygen atoms in total. The molecule has 0 unspecified atom stereocenters. The summed E-state index contributed by atoms with van der Waals surface area (Å²) in [6.45, 7) is 14.2. The third kappa shape index (κ3) is 10.9. The number of rotatable bonds is 2. The molecule has 0 aliphatic rings. The van der Waals surface area contributed by atoms with E-state index in [4.69, 9.17) is 0 Å². The summed E-state index contributed by atoms with van der Waals surface area (Å²) in [5, 5.41) is 0. The van der Waals surface area contributed by atoms with Crippen molar-refractivity contribution in [2.24, 2.45) is 10.8 Å². The van der Waals surface area contributed by atoms with Crippen LogP contribution in [-0.4, -0.2) is 0 Å². The van der Waals surface area contributed by atoms with Gasteiger partial charge in [-0.05, 0) is 0 Å². The monoisotopic (exact) mass is 344 g/mol. The Morgan fingerprint density at radius 2 is 1.00 bits per heavy atom. The predicted octanol–water partition coefficient (Wildman–Crippen LogP) is 4.00. The van der Waals surface area contributed by atoms with Gasteiger partial charge in [0.25, 0.3) is 0 Å². The van der Waals surface area contributed by atoms with Gasteiger partial charge in [-0.3, -0.25) is 0 Å². The maximum atomic E-state index is 2.37. The molecule has 0 aromatic carbocycles. The van der Waals surface area contributed by atoms with Gasteiger partial charge in [0.1, 0.15) is 0 Å². The summed E-state index contributed by atoms with van der Waals surface area (Å²) in [5.41, 5.74) is 1.24. The molecular weight excluding hydrogens is 321 g/mol. The molecule has 0 N–H and O–H groups in total. The molecule has 64 valence electrons. The summed E-state index contributed by atoms with van der Waals surface area (Å²) in [7, 11) is 0. The van der Waals surface area contributed by atoms with E-state index in [1.807, 2.05) is 0 Å². The Hall–Kier alpha value is 0.935. The quantitative estimate of drug-likeness (QED) is 0.665. The zero-order chi connectivity index (χ0) is 9.12. The summed E-state index contributed by atoms with van der Waals surface area (Å²) < 4.78 is 3.15. The van der Waals surface area contributed by atoms with Crippen LogP contribution in [0, 0.1) is 10.8 Å². The standard InChI is InChI=1S/2C5H11.Hg/c2*1-5(2,3)4;/h2*1H2,2-4H3;. The summed E-state index contributed by atoms with van der Waals surface area (Å²) in [4.78, 5) is 0. The average molecular weight is 343 g/mol. The first kappa shape index (κ1) is 11.9. The normalized spacial score (nSPS) is 12.9. The zero-order valence-corrected chi connectivity index (χ0v) is 14.6. The van der Waals surface area contributed by atoms with Crippen LogP contribution in [0.1, 0.15) is 41.5 Å². The number of hydrogen-bond donors (Lipinski definition) is 0. The van der Waals surface area contributed by atoms with Crippen molar-refractivity contribution in [1.29, 1.82) is 0 Å². The second kappa shape index (κ2) is 4.25. The van der Waals surface area contributed by atoms with E-state index in [0.717, 1.165) is 0 Å². The van der Waals surface area contributed by atoms with Crippen LogP contribution < -0.4 is 0 Å². The first-order valence-corrected chi connectivity index (χ1v) is 12.5. The van der Waals surface area contributed by atoms with Crippen LogP contribution in [0.5, 0.6) is 0 Å². The van der Waals surface area contributed by atoms with E-state index in [2.05, 4.69) is 41.5 Å². The van der Waals surface area contributed by atoms with Crippen molar-refractivity contribution in [2.75, 3.05) is 0 Å². The van der Waals surface area contributed by atoms with Crippen molar-refractivity contribution in [1.82, 2.24) is 0 Å². The Bertz CT molecular complexity index is 89.0. The van der Waals surface area contributed by atoms with Crippen LogP contribution in [0.2, 0.25) is 7.86 Å². The molecule has 0 saturated carbocycles. The molecule has 0 aliphatic carbocycles. The van der Waals surface area contributed by atoms with Crippen molar-refractivity contribution < 1.29 is 24.6 Å². The maximum absolute atomic E-state index is 2.37. The van der Waals surface area contributed by atoms with Crippen molar-refractivity contribution in [3.05, 3.63) is 0 Å². The van der Waals surface area contributed by atoms with Crippen molar-refractivity contribution in [2.45, 2.75) is 49.4 Å². The van der Waals surface area contributed by atoms with Crippen LogP contribution in [0.15, 0.2) is 0 Å². The van der Waals surface area contributed by atoms with Crippen LogP contribution >= 0.6 is 0 Å². The molecule has 0 fully saturated rings. The van der Waals surface area contributed by atoms with Crippen molar-refractivity contribution in [3.8, 4) is 0 Å². The molecule has 0 aromatic heterocycles. The van der Waals surface area contributed by atoms with E-state index in [1.54, 1.807) is 7.86 Å². The summed E-state index contributed by atoms with van der Waals surface area (Å²) in [6.07, 6.45) is 0. The second-order valence-electron chi connectivity index (χ2n) is 5.97. The molecule has 0 atom stereocenters. The van der Waals surface area contributed by atoms with Crippen LogP contribution in [-0.2, 0) is 24.6 Å². The molecule has 0 rings (SSSR count). The minimum atomic E-state index is -0.496.